The zero-order valence-electron chi connectivity index (χ0n) is 12.6. The number of hydrogen-bond acceptors (Lipinski definition) is 4. The molecule has 1 aromatic carbocycles. The number of aromatic nitrogens is 1. The molecule has 112 valence electrons. The Kier molecular flexibility index (Phi) is 4.36. The van der Waals surface area contributed by atoms with Gasteiger partial charge in [0, 0.05) is 31.3 Å². The number of nitrogen functional groups attached to an aromatic ring is 1. The van der Waals surface area contributed by atoms with E-state index < -0.39 is 0 Å². The number of anilines is 1. The molecule has 1 aliphatic heterocycles. The molecule has 2 N–H and O–H groups in total. The summed E-state index contributed by atoms with van der Waals surface area (Å²) in [5.41, 5.74) is 9.02. The Hall–Kier alpha value is -1.65. The Labute approximate surface area is 125 Å². The number of likely N-dealkylation sites (tertiary alicyclic amines) is 1. The second-order valence-electron chi connectivity index (χ2n) is 5.92. The third-order valence-electron chi connectivity index (χ3n) is 4.19. The predicted octanol–water partition coefficient (Wildman–Crippen LogP) is 2.68. The highest BCUT2D eigenvalue weighted by atomic mass is 16.5. The fourth-order valence-corrected chi connectivity index (χ4v) is 3.24. The molecule has 0 aliphatic carbocycles. The van der Waals surface area contributed by atoms with Gasteiger partial charge in [-0.15, -0.1) is 0 Å². The maximum atomic E-state index is 6.16. The average molecular weight is 285 g/mol. The smallest absolute Gasteiger partial charge is 0.0726 e. The summed E-state index contributed by atoms with van der Waals surface area (Å²) in [5.74, 6) is 0.640. The van der Waals surface area contributed by atoms with Crippen LogP contribution in [0.1, 0.15) is 18.5 Å². The van der Waals surface area contributed by atoms with Gasteiger partial charge >= 0.3 is 0 Å². The van der Waals surface area contributed by atoms with E-state index in [4.69, 9.17) is 15.5 Å². The molecule has 0 spiro atoms. The van der Waals surface area contributed by atoms with E-state index in [1.165, 1.54) is 12.8 Å². The normalized spacial score (nSPS) is 20.0. The van der Waals surface area contributed by atoms with Crippen molar-refractivity contribution in [3.63, 3.8) is 0 Å². The molecule has 1 atom stereocenters. The summed E-state index contributed by atoms with van der Waals surface area (Å²) in [7, 11) is 1.78. The van der Waals surface area contributed by atoms with Gasteiger partial charge < -0.3 is 10.5 Å². The minimum Gasteiger partial charge on any atom is -0.398 e. The molecule has 2 aromatic rings. The van der Waals surface area contributed by atoms with Gasteiger partial charge in [-0.05, 0) is 37.4 Å². The number of nitrogens with two attached hydrogens (primary N) is 1. The number of benzene rings is 1. The number of fused-ring (bicyclic) bond motifs is 1. The molecule has 0 saturated carbocycles. The van der Waals surface area contributed by atoms with Crippen LogP contribution in [-0.4, -0.2) is 36.7 Å². The Balaban J connectivity index is 1.75. The van der Waals surface area contributed by atoms with Crippen LogP contribution in [0.2, 0.25) is 0 Å². The van der Waals surface area contributed by atoms with Crippen LogP contribution >= 0.6 is 0 Å². The van der Waals surface area contributed by atoms with Crippen LogP contribution in [0.4, 0.5) is 5.69 Å². The second-order valence-corrected chi connectivity index (χ2v) is 5.92. The van der Waals surface area contributed by atoms with E-state index in [0.29, 0.717) is 5.92 Å². The Morgan fingerprint density at radius 1 is 1.38 bits per heavy atom. The van der Waals surface area contributed by atoms with Crippen LogP contribution in [0, 0.1) is 5.92 Å². The number of ether oxygens (including phenoxy) is 1. The summed E-state index contributed by atoms with van der Waals surface area (Å²) in [6.45, 7) is 3.94. The quantitative estimate of drug-likeness (QED) is 0.938. The van der Waals surface area contributed by atoms with E-state index in [1.807, 2.05) is 30.3 Å². The number of pyridine rings is 1. The van der Waals surface area contributed by atoms with Gasteiger partial charge in [0.25, 0.3) is 0 Å². The summed E-state index contributed by atoms with van der Waals surface area (Å²) >= 11 is 0. The van der Waals surface area contributed by atoms with E-state index in [0.717, 1.165) is 48.5 Å². The van der Waals surface area contributed by atoms with Crippen LogP contribution in [0.5, 0.6) is 0 Å². The fraction of sp³-hybridized carbons (Fsp3) is 0.471. The predicted molar refractivity (Wildman–Crippen MR) is 86.0 cm³/mol. The minimum atomic E-state index is 0.640. The highest BCUT2D eigenvalue weighted by molar-refractivity contribution is 5.90. The molecule has 0 bridgehead atoms. The van der Waals surface area contributed by atoms with Crippen molar-refractivity contribution in [2.24, 2.45) is 5.92 Å². The zero-order valence-corrected chi connectivity index (χ0v) is 12.6. The van der Waals surface area contributed by atoms with Crippen molar-refractivity contribution in [1.82, 2.24) is 9.88 Å². The first kappa shape index (κ1) is 14.3. The molecule has 21 heavy (non-hydrogen) atoms. The van der Waals surface area contributed by atoms with Crippen molar-refractivity contribution in [2.75, 3.05) is 32.5 Å². The molecule has 4 heteroatoms. The van der Waals surface area contributed by atoms with E-state index in [1.54, 1.807) is 7.11 Å². The largest absolute Gasteiger partial charge is 0.398 e. The molecule has 3 rings (SSSR count). The first-order chi connectivity index (χ1) is 10.3. The van der Waals surface area contributed by atoms with Crippen molar-refractivity contribution < 1.29 is 4.74 Å². The Morgan fingerprint density at radius 3 is 3.10 bits per heavy atom. The molecule has 1 fully saturated rings. The molecule has 1 unspecified atom stereocenters. The average Bonchev–Trinajstić information content (AvgIpc) is 2.48. The third-order valence-corrected chi connectivity index (χ3v) is 4.19. The second kappa shape index (κ2) is 6.41. The Bertz CT molecular complexity index is 612. The van der Waals surface area contributed by atoms with Crippen LogP contribution in [-0.2, 0) is 11.3 Å². The van der Waals surface area contributed by atoms with Gasteiger partial charge in [0.2, 0.25) is 0 Å². The van der Waals surface area contributed by atoms with Gasteiger partial charge in [-0.2, -0.15) is 0 Å². The number of piperidine rings is 1. The van der Waals surface area contributed by atoms with Gasteiger partial charge in [-0.3, -0.25) is 9.88 Å². The standard InChI is InChI=1S/C17H23N3O/c1-21-12-13-5-4-8-20(10-13)11-14-9-16(18)15-6-2-3-7-17(15)19-14/h2-3,6-7,9,13H,4-5,8,10-12H2,1H3,(H2,18,19). The van der Waals surface area contributed by atoms with Crippen LogP contribution in [0.3, 0.4) is 0 Å². The van der Waals surface area contributed by atoms with Crippen molar-refractivity contribution >= 4 is 16.6 Å². The maximum absolute atomic E-state index is 6.16. The summed E-state index contributed by atoms with van der Waals surface area (Å²) in [6.07, 6.45) is 2.49. The molecule has 0 amide bonds. The van der Waals surface area contributed by atoms with Gasteiger partial charge in [-0.25, -0.2) is 0 Å². The maximum Gasteiger partial charge on any atom is 0.0726 e. The summed E-state index contributed by atoms with van der Waals surface area (Å²) in [6, 6.07) is 10.1. The van der Waals surface area contributed by atoms with Gasteiger partial charge in [0.1, 0.15) is 0 Å². The summed E-state index contributed by atoms with van der Waals surface area (Å²) in [4.78, 5) is 7.21. The molecule has 1 saturated heterocycles. The molecule has 4 nitrogen and oxygen atoms in total. The van der Waals surface area contributed by atoms with Crippen molar-refractivity contribution in [3.05, 3.63) is 36.0 Å². The van der Waals surface area contributed by atoms with Crippen LogP contribution in [0.15, 0.2) is 30.3 Å². The van der Waals surface area contributed by atoms with Crippen LogP contribution < -0.4 is 5.73 Å². The van der Waals surface area contributed by atoms with Crippen molar-refractivity contribution in [3.8, 4) is 0 Å². The third kappa shape index (κ3) is 3.34. The summed E-state index contributed by atoms with van der Waals surface area (Å²) < 4.78 is 5.29. The number of rotatable bonds is 4. The number of methoxy groups -OCH3 is 1. The highest BCUT2D eigenvalue weighted by Crippen LogP contribution is 2.23. The summed E-state index contributed by atoms with van der Waals surface area (Å²) in [5, 5.41) is 1.04. The van der Waals surface area contributed by atoms with Gasteiger partial charge in [0.15, 0.2) is 0 Å². The van der Waals surface area contributed by atoms with E-state index in [2.05, 4.69) is 4.90 Å². The van der Waals surface area contributed by atoms with Gasteiger partial charge in [-0.1, -0.05) is 18.2 Å². The molecule has 1 aliphatic rings. The number of nitrogens with zero attached hydrogens (tertiary/aromatic N) is 2. The lowest BCUT2D eigenvalue weighted by Gasteiger charge is -2.32. The number of hydrogen-bond donors (Lipinski definition) is 1. The monoisotopic (exact) mass is 285 g/mol. The molecule has 1 aromatic heterocycles. The number of para-hydroxylation sites is 1. The highest BCUT2D eigenvalue weighted by Gasteiger charge is 2.20. The molecule has 2 heterocycles. The molecular formula is C17H23N3O. The van der Waals surface area contributed by atoms with Crippen molar-refractivity contribution in [2.45, 2.75) is 19.4 Å². The lowest BCUT2D eigenvalue weighted by atomic mass is 9.99. The fourth-order valence-electron chi connectivity index (χ4n) is 3.24. The minimum absolute atomic E-state index is 0.640. The molecular weight excluding hydrogens is 262 g/mol. The SMILES string of the molecule is COCC1CCCN(Cc2cc(N)c3ccccc3n2)C1. The zero-order chi connectivity index (χ0) is 14.7. The topological polar surface area (TPSA) is 51.4 Å². The first-order valence-electron chi connectivity index (χ1n) is 7.61. The van der Waals surface area contributed by atoms with Crippen molar-refractivity contribution in [1.29, 1.82) is 0 Å². The van der Waals surface area contributed by atoms with E-state index in [-0.39, 0.29) is 0 Å². The first-order valence-corrected chi connectivity index (χ1v) is 7.61. The lowest BCUT2D eigenvalue weighted by Crippen LogP contribution is -2.36. The van der Waals surface area contributed by atoms with Gasteiger partial charge in [0.05, 0.1) is 17.8 Å². The van der Waals surface area contributed by atoms with Crippen LogP contribution in [0.25, 0.3) is 10.9 Å². The molecule has 0 radical (unpaired) electrons. The van der Waals surface area contributed by atoms with E-state index in [9.17, 15) is 0 Å². The lowest BCUT2D eigenvalue weighted by molar-refractivity contribution is 0.0868. The van der Waals surface area contributed by atoms with E-state index >= 15 is 0 Å². The Morgan fingerprint density at radius 2 is 2.24 bits per heavy atom.